The first kappa shape index (κ1) is 11.3. The number of nitrogens with two attached hydrogens (primary N) is 1. The second kappa shape index (κ2) is 4.74. The predicted octanol–water partition coefficient (Wildman–Crippen LogP) is 2.40. The van der Waals surface area contributed by atoms with E-state index in [-0.39, 0.29) is 6.04 Å². The summed E-state index contributed by atoms with van der Waals surface area (Å²) in [4.78, 5) is 2.33. The Bertz CT molecular complexity index is 357. The zero-order valence-electron chi connectivity index (χ0n) is 9.82. The molecule has 1 atom stereocenters. The van der Waals surface area contributed by atoms with Gasteiger partial charge in [0.25, 0.3) is 0 Å². The first-order valence-corrected chi connectivity index (χ1v) is 6.02. The second-order valence-electron chi connectivity index (χ2n) is 4.58. The van der Waals surface area contributed by atoms with Crippen molar-refractivity contribution in [2.24, 2.45) is 5.73 Å². The van der Waals surface area contributed by atoms with Crippen molar-refractivity contribution in [1.82, 2.24) is 0 Å². The number of anilines is 1. The third-order valence-corrected chi connectivity index (χ3v) is 3.23. The van der Waals surface area contributed by atoms with Crippen LogP contribution in [0.1, 0.15) is 37.8 Å². The van der Waals surface area contributed by atoms with Gasteiger partial charge < -0.3 is 15.7 Å². The van der Waals surface area contributed by atoms with Gasteiger partial charge in [-0.15, -0.1) is 0 Å². The van der Waals surface area contributed by atoms with Crippen molar-refractivity contribution < 1.29 is 5.11 Å². The van der Waals surface area contributed by atoms with Crippen LogP contribution in [0.2, 0.25) is 0 Å². The molecule has 88 valence electrons. The van der Waals surface area contributed by atoms with Gasteiger partial charge in [0.1, 0.15) is 5.75 Å². The maximum Gasteiger partial charge on any atom is 0.122 e. The number of benzene rings is 1. The molecule has 1 heterocycles. The molecule has 3 nitrogen and oxygen atoms in total. The van der Waals surface area contributed by atoms with E-state index in [1.165, 1.54) is 19.3 Å². The van der Waals surface area contributed by atoms with E-state index in [9.17, 15) is 5.11 Å². The molecule has 1 saturated heterocycles. The van der Waals surface area contributed by atoms with E-state index in [1.54, 1.807) is 0 Å². The highest BCUT2D eigenvalue weighted by molar-refractivity contribution is 5.54. The van der Waals surface area contributed by atoms with Gasteiger partial charge in [0.15, 0.2) is 0 Å². The van der Waals surface area contributed by atoms with Crippen LogP contribution in [-0.4, -0.2) is 18.2 Å². The zero-order chi connectivity index (χ0) is 11.5. The van der Waals surface area contributed by atoms with Crippen LogP contribution in [-0.2, 0) is 0 Å². The first-order valence-electron chi connectivity index (χ1n) is 6.02. The Labute approximate surface area is 96.9 Å². The van der Waals surface area contributed by atoms with Gasteiger partial charge in [-0.2, -0.15) is 0 Å². The van der Waals surface area contributed by atoms with E-state index < -0.39 is 0 Å². The van der Waals surface area contributed by atoms with Crippen LogP contribution in [0.4, 0.5) is 5.69 Å². The normalized spacial score (nSPS) is 18.5. The van der Waals surface area contributed by atoms with E-state index in [0.29, 0.717) is 5.75 Å². The van der Waals surface area contributed by atoms with Gasteiger partial charge in [0, 0.05) is 36.4 Å². The highest BCUT2D eigenvalue weighted by Gasteiger charge is 2.13. The molecule has 0 aromatic heterocycles. The fourth-order valence-corrected chi connectivity index (χ4v) is 2.27. The molecule has 1 aromatic carbocycles. The molecule has 0 aliphatic carbocycles. The SMILES string of the molecule is CC(N)c1ccc(N2CCCCC2)cc1O. The fourth-order valence-electron chi connectivity index (χ4n) is 2.27. The van der Waals surface area contributed by atoms with Gasteiger partial charge in [0.05, 0.1) is 0 Å². The second-order valence-corrected chi connectivity index (χ2v) is 4.58. The van der Waals surface area contributed by atoms with E-state index >= 15 is 0 Å². The number of hydrogen-bond donors (Lipinski definition) is 2. The highest BCUT2D eigenvalue weighted by Crippen LogP contribution is 2.29. The summed E-state index contributed by atoms with van der Waals surface area (Å²) in [6.45, 7) is 4.07. The van der Waals surface area contributed by atoms with Crippen LogP contribution >= 0.6 is 0 Å². The van der Waals surface area contributed by atoms with Gasteiger partial charge in [-0.3, -0.25) is 0 Å². The van der Waals surface area contributed by atoms with Gasteiger partial charge in [0.2, 0.25) is 0 Å². The number of rotatable bonds is 2. The highest BCUT2D eigenvalue weighted by atomic mass is 16.3. The maximum atomic E-state index is 9.89. The van der Waals surface area contributed by atoms with Gasteiger partial charge in [-0.1, -0.05) is 6.07 Å². The zero-order valence-corrected chi connectivity index (χ0v) is 9.82. The summed E-state index contributed by atoms with van der Waals surface area (Å²) in [6.07, 6.45) is 3.81. The summed E-state index contributed by atoms with van der Waals surface area (Å²) < 4.78 is 0. The number of piperidine rings is 1. The van der Waals surface area contributed by atoms with Gasteiger partial charge in [-0.25, -0.2) is 0 Å². The summed E-state index contributed by atoms with van der Waals surface area (Å²) in [5.74, 6) is 0.318. The van der Waals surface area contributed by atoms with Crippen molar-refractivity contribution in [1.29, 1.82) is 0 Å². The maximum absolute atomic E-state index is 9.89. The quantitative estimate of drug-likeness (QED) is 0.804. The number of aromatic hydroxyl groups is 1. The van der Waals surface area contributed by atoms with Crippen molar-refractivity contribution in [3.63, 3.8) is 0 Å². The molecule has 0 amide bonds. The smallest absolute Gasteiger partial charge is 0.122 e. The third kappa shape index (κ3) is 2.30. The summed E-state index contributed by atoms with van der Waals surface area (Å²) >= 11 is 0. The lowest BCUT2D eigenvalue weighted by molar-refractivity contribution is 0.463. The molecule has 0 radical (unpaired) electrons. The number of phenols is 1. The molecule has 1 aliphatic heterocycles. The van der Waals surface area contributed by atoms with E-state index in [0.717, 1.165) is 24.3 Å². The van der Waals surface area contributed by atoms with Crippen molar-refractivity contribution in [2.75, 3.05) is 18.0 Å². The van der Waals surface area contributed by atoms with Gasteiger partial charge >= 0.3 is 0 Å². The molecule has 16 heavy (non-hydrogen) atoms. The summed E-state index contributed by atoms with van der Waals surface area (Å²) in [5, 5.41) is 9.89. The molecule has 1 aliphatic rings. The largest absolute Gasteiger partial charge is 0.508 e. The molecular formula is C13H20N2O. The average molecular weight is 220 g/mol. The van der Waals surface area contributed by atoms with E-state index in [4.69, 9.17) is 5.73 Å². The molecule has 1 aromatic rings. The van der Waals surface area contributed by atoms with Crippen molar-refractivity contribution in [2.45, 2.75) is 32.2 Å². The molecule has 2 rings (SSSR count). The first-order chi connectivity index (χ1) is 7.68. The Morgan fingerprint density at radius 2 is 1.94 bits per heavy atom. The van der Waals surface area contributed by atoms with Crippen molar-refractivity contribution >= 4 is 5.69 Å². The van der Waals surface area contributed by atoms with Crippen molar-refractivity contribution in [3.8, 4) is 5.75 Å². The Kier molecular flexibility index (Phi) is 3.34. The molecule has 0 spiro atoms. The van der Waals surface area contributed by atoms with Crippen LogP contribution < -0.4 is 10.6 Å². The number of nitrogens with zero attached hydrogens (tertiary/aromatic N) is 1. The molecule has 1 fully saturated rings. The number of phenolic OH excluding ortho intramolecular Hbond substituents is 1. The summed E-state index contributed by atoms with van der Waals surface area (Å²) in [6, 6.07) is 5.72. The molecule has 3 N–H and O–H groups in total. The topological polar surface area (TPSA) is 49.5 Å². The molecular weight excluding hydrogens is 200 g/mol. The Morgan fingerprint density at radius 1 is 1.25 bits per heavy atom. The van der Waals surface area contributed by atoms with Crippen molar-refractivity contribution in [3.05, 3.63) is 23.8 Å². The lowest BCUT2D eigenvalue weighted by Crippen LogP contribution is -2.29. The lowest BCUT2D eigenvalue weighted by atomic mass is 10.1. The molecule has 0 saturated carbocycles. The van der Waals surface area contributed by atoms with E-state index in [1.807, 2.05) is 19.1 Å². The minimum absolute atomic E-state index is 0.115. The summed E-state index contributed by atoms with van der Waals surface area (Å²) in [5.41, 5.74) is 7.70. The minimum Gasteiger partial charge on any atom is -0.508 e. The lowest BCUT2D eigenvalue weighted by Gasteiger charge is -2.29. The van der Waals surface area contributed by atoms with Crippen LogP contribution in [0, 0.1) is 0 Å². The van der Waals surface area contributed by atoms with Gasteiger partial charge in [-0.05, 0) is 32.3 Å². The van der Waals surface area contributed by atoms with Crippen LogP contribution in [0.15, 0.2) is 18.2 Å². The molecule has 0 bridgehead atoms. The third-order valence-electron chi connectivity index (χ3n) is 3.23. The monoisotopic (exact) mass is 220 g/mol. The standard InChI is InChI=1S/C13H20N2O/c1-10(14)12-6-5-11(9-13(12)16)15-7-3-2-4-8-15/h5-6,9-10,16H,2-4,7-8,14H2,1H3. The Hall–Kier alpha value is -1.22. The fraction of sp³-hybridized carbons (Fsp3) is 0.538. The summed E-state index contributed by atoms with van der Waals surface area (Å²) in [7, 11) is 0. The molecule has 1 unspecified atom stereocenters. The number of hydrogen-bond acceptors (Lipinski definition) is 3. The van der Waals surface area contributed by atoms with Crippen LogP contribution in [0.25, 0.3) is 0 Å². The van der Waals surface area contributed by atoms with Crippen LogP contribution in [0.5, 0.6) is 5.75 Å². The predicted molar refractivity (Wildman–Crippen MR) is 66.8 cm³/mol. The van der Waals surface area contributed by atoms with E-state index in [2.05, 4.69) is 11.0 Å². The Balaban J connectivity index is 2.19. The average Bonchev–Trinajstić information content (AvgIpc) is 2.29. The molecule has 3 heteroatoms. The Morgan fingerprint density at radius 3 is 2.50 bits per heavy atom. The van der Waals surface area contributed by atoms with Crippen LogP contribution in [0.3, 0.4) is 0 Å². The minimum atomic E-state index is -0.115.